The number of nitrogens with two attached hydrogens (primary N) is 1. The fourth-order valence-electron chi connectivity index (χ4n) is 2.47. The minimum atomic E-state index is -0.472. The van der Waals surface area contributed by atoms with Crippen LogP contribution in [-0.4, -0.2) is 14.4 Å². The van der Waals surface area contributed by atoms with Crippen molar-refractivity contribution in [2.24, 2.45) is 0 Å². The molecule has 6 heteroatoms. The van der Waals surface area contributed by atoms with Crippen molar-refractivity contribution >= 4 is 22.6 Å². The summed E-state index contributed by atoms with van der Waals surface area (Å²) in [7, 11) is 0. The van der Waals surface area contributed by atoms with Crippen molar-refractivity contribution in [3.05, 3.63) is 52.6 Å². The van der Waals surface area contributed by atoms with Crippen molar-refractivity contribution in [2.75, 3.05) is 5.73 Å². The summed E-state index contributed by atoms with van der Waals surface area (Å²) in [6.45, 7) is 2.01. The van der Waals surface area contributed by atoms with E-state index >= 15 is 0 Å². The number of hydrogen-bond donors (Lipinski definition) is 2. The molecule has 104 valence electrons. The van der Waals surface area contributed by atoms with Gasteiger partial charge in [-0.1, -0.05) is 6.07 Å². The first-order valence-corrected chi connectivity index (χ1v) is 6.49. The molecule has 0 amide bonds. The van der Waals surface area contributed by atoms with Gasteiger partial charge in [0.1, 0.15) is 17.2 Å². The minimum Gasteiger partial charge on any atom is -0.408 e. The number of imidazole rings is 1. The molecule has 3 heterocycles. The number of benzene rings is 1. The monoisotopic (exact) mass is 280 g/mol. The van der Waals surface area contributed by atoms with Gasteiger partial charge < -0.3 is 10.2 Å². The van der Waals surface area contributed by atoms with Gasteiger partial charge in [0.2, 0.25) is 0 Å². The number of aryl methyl sites for hydroxylation is 1. The Balaban J connectivity index is 1.98. The van der Waals surface area contributed by atoms with Crippen LogP contribution in [0.5, 0.6) is 0 Å². The number of pyridine rings is 1. The van der Waals surface area contributed by atoms with Crippen LogP contribution in [0.2, 0.25) is 0 Å². The van der Waals surface area contributed by atoms with E-state index in [1.807, 2.05) is 35.7 Å². The van der Waals surface area contributed by atoms with E-state index in [2.05, 4.69) is 9.97 Å². The molecule has 0 atom stereocenters. The molecule has 6 nitrogen and oxygen atoms in total. The Bertz CT molecular complexity index is 1040. The number of nitrogens with zero attached hydrogens (tertiary/aromatic N) is 2. The van der Waals surface area contributed by atoms with Crippen LogP contribution in [0.3, 0.4) is 0 Å². The van der Waals surface area contributed by atoms with E-state index in [0.717, 1.165) is 16.8 Å². The first kappa shape index (κ1) is 11.8. The Morgan fingerprint density at radius 3 is 3.00 bits per heavy atom. The summed E-state index contributed by atoms with van der Waals surface area (Å²) in [4.78, 5) is 18.4. The molecule has 0 spiro atoms. The van der Waals surface area contributed by atoms with E-state index in [1.165, 1.54) is 0 Å². The average Bonchev–Trinajstić information content (AvgIpc) is 2.97. The Morgan fingerprint density at radius 2 is 2.14 bits per heavy atom. The molecule has 0 bridgehead atoms. The fourth-order valence-corrected chi connectivity index (χ4v) is 2.47. The van der Waals surface area contributed by atoms with Gasteiger partial charge in [-0.15, -0.1) is 0 Å². The molecule has 0 fully saturated rings. The highest BCUT2D eigenvalue weighted by Gasteiger charge is 2.13. The first-order chi connectivity index (χ1) is 10.1. The third-order valence-corrected chi connectivity index (χ3v) is 3.51. The molecule has 4 rings (SSSR count). The van der Waals surface area contributed by atoms with Gasteiger partial charge in [-0.05, 0) is 36.8 Å². The zero-order valence-corrected chi connectivity index (χ0v) is 11.3. The summed E-state index contributed by atoms with van der Waals surface area (Å²) in [5.41, 5.74) is 10.7. The lowest BCUT2D eigenvalue weighted by atomic mass is 10.1. The molecule has 0 aliphatic carbocycles. The lowest BCUT2D eigenvalue weighted by Crippen LogP contribution is -1.94. The molecule has 3 N–H and O–H groups in total. The highest BCUT2D eigenvalue weighted by atomic mass is 16.4. The summed E-state index contributed by atoms with van der Waals surface area (Å²) in [6.07, 6.45) is 1.89. The Morgan fingerprint density at radius 1 is 1.29 bits per heavy atom. The van der Waals surface area contributed by atoms with Crippen molar-refractivity contribution in [3.8, 4) is 11.3 Å². The molecular formula is C15H12N4O2. The molecule has 21 heavy (non-hydrogen) atoms. The van der Waals surface area contributed by atoms with E-state index in [1.54, 1.807) is 12.1 Å². The third-order valence-electron chi connectivity index (χ3n) is 3.51. The summed E-state index contributed by atoms with van der Waals surface area (Å²) in [5, 5.41) is 0. The Kier molecular flexibility index (Phi) is 2.24. The van der Waals surface area contributed by atoms with Gasteiger partial charge in [-0.3, -0.25) is 9.38 Å². The predicted octanol–water partition coefficient (Wildman–Crippen LogP) is 2.33. The van der Waals surface area contributed by atoms with Gasteiger partial charge in [0.25, 0.3) is 0 Å². The van der Waals surface area contributed by atoms with Crippen LogP contribution >= 0.6 is 0 Å². The molecule has 0 saturated heterocycles. The number of anilines is 1. The topological polar surface area (TPSA) is 89.3 Å². The number of nitrogen functional groups attached to an aromatic ring is 1. The number of nitrogens with one attached hydrogen (secondary N) is 1. The molecule has 4 aromatic rings. The van der Waals surface area contributed by atoms with E-state index in [9.17, 15) is 4.79 Å². The van der Waals surface area contributed by atoms with Crippen LogP contribution in [0.4, 0.5) is 5.82 Å². The van der Waals surface area contributed by atoms with E-state index in [-0.39, 0.29) is 0 Å². The number of hydrogen-bond acceptors (Lipinski definition) is 4. The average molecular weight is 280 g/mol. The van der Waals surface area contributed by atoms with Crippen molar-refractivity contribution in [1.29, 1.82) is 0 Å². The van der Waals surface area contributed by atoms with Gasteiger partial charge in [-0.25, -0.2) is 9.78 Å². The van der Waals surface area contributed by atoms with Crippen LogP contribution in [0.25, 0.3) is 28.0 Å². The summed E-state index contributed by atoms with van der Waals surface area (Å²) in [6, 6.07) is 9.35. The van der Waals surface area contributed by atoms with Crippen LogP contribution in [0.1, 0.15) is 5.56 Å². The Hall–Kier alpha value is -3.02. The van der Waals surface area contributed by atoms with Crippen molar-refractivity contribution in [3.63, 3.8) is 0 Å². The largest absolute Gasteiger partial charge is 0.417 e. The lowest BCUT2D eigenvalue weighted by molar-refractivity contribution is 0.555. The number of rotatable bonds is 1. The first-order valence-electron chi connectivity index (χ1n) is 6.49. The van der Waals surface area contributed by atoms with Crippen LogP contribution in [0.15, 0.2) is 45.7 Å². The highest BCUT2D eigenvalue weighted by Crippen LogP contribution is 2.28. The fraction of sp³-hybridized carbons (Fsp3) is 0.0667. The Labute approximate surface area is 118 Å². The number of H-pyrrole nitrogens is 1. The number of aromatic nitrogens is 3. The maximum atomic E-state index is 11.2. The number of fused-ring (bicyclic) bond motifs is 2. The van der Waals surface area contributed by atoms with Crippen LogP contribution < -0.4 is 11.5 Å². The normalized spacial score (nSPS) is 11.5. The molecule has 0 radical (unpaired) electrons. The maximum Gasteiger partial charge on any atom is 0.417 e. The zero-order valence-electron chi connectivity index (χ0n) is 11.3. The van der Waals surface area contributed by atoms with Crippen LogP contribution in [0, 0.1) is 6.92 Å². The molecule has 0 aliphatic heterocycles. The SMILES string of the molecule is Cc1ccn2c(N)c(-c3ccc4[nH]c(=O)oc4c3)nc2c1. The van der Waals surface area contributed by atoms with Gasteiger partial charge in [0, 0.05) is 11.8 Å². The van der Waals surface area contributed by atoms with E-state index in [0.29, 0.717) is 22.6 Å². The van der Waals surface area contributed by atoms with Gasteiger partial charge in [-0.2, -0.15) is 0 Å². The molecule has 0 unspecified atom stereocenters. The zero-order chi connectivity index (χ0) is 14.6. The summed E-state index contributed by atoms with van der Waals surface area (Å²) >= 11 is 0. The molecular weight excluding hydrogens is 268 g/mol. The summed E-state index contributed by atoms with van der Waals surface area (Å²) < 4.78 is 6.91. The van der Waals surface area contributed by atoms with E-state index in [4.69, 9.17) is 10.2 Å². The standard InChI is InChI=1S/C15H12N4O2/c1-8-4-5-19-12(6-8)18-13(14(19)16)9-2-3-10-11(7-9)21-15(20)17-10/h2-7H,16H2,1H3,(H,17,20). The van der Waals surface area contributed by atoms with E-state index < -0.39 is 5.76 Å². The minimum absolute atomic E-state index is 0.472. The smallest absolute Gasteiger partial charge is 0.408 e. The van der Waals surface area contributed by atoms with Gasteiger partial charge >= 0.3 is 5.76 Å². The second kappa shape index (κ2) is 3.99. The van der Waals surface area contributed by atoms with Crippen LogP contribution in [-0.2, 0) is 0 Å². The predicted molar refractivity (Wildman–Crippen MR) is 80.2 cm³/mol. The lowest BCUT2D eigenvalue weighted by Gasteiger charge is -1.99. The third kappa shape index (κ3) is 1.73. The molecule has 1 aromatic carbocycles. The highest BCUT2D eigenvalue weighted by molar-refractivity contribution is 5.83. The number of aromatic amines is 1. The van der Waals surface area contributed by atoms with Gasteiger partial charge in [0.15, 0.2) is 5.58 Å². The molecule has 3 aromatic heterocycles. The van der Waals surface area contributed by atoms with Gasteiger partial charge in [0.05, 0.1) is 5.52 Å². The second-order valence-corrected chi connectivity index (χ2v) is 5.00. The second-order valence-electron chi connectivity index (χ2n) is 5.00. The molecule has 0 aliphatic rings. The van der Waals surface area contributed by atoms with Crippen molar-refractivity contribution < 1.29 is 4.42 Å². The molecule has 0 saturated carbocycles. The summed E-state index contributed by atoms with van der Waals surface area (Å²) in [5.74, 6) is 0.0861. The van der Waals surface area contributed by atoms with Crippen molar-refractivity contribution in [2.45, 2.75) is 6.92 Å². The van der Waals surface area contributed by atoms with Crippen molar-refractivity contribution in [1.82, 2.24) is 14.4 Å². The number of oxazole rings is 1. The maximum absolute atomic E-state index is 11.2. The quantitative estimate of drug-likeness (QED) is 0.560.